The Balaban J connectivity index is 2.61. The van der Waals surface area contributed by atoms with Crippen LogP contribution in [-0.4, -0.2) is 28.0 Å². The zero-order chi connectivity index (χ0) is 13.3. The maximum absolute atomic E-state index is 11.2. The van der Waals surface area contributed by atoms with Crippen LogP contribution in [-0.2, 0) is 16.0 Å². The molecule has 2 aromatic rings. The average molecular weight is 250 g/mol. The first-order chi connectivity index (χ1) is 8.52. The van der Waals surface area contributed by atoms with Crippen LogP contribution in [0.15, 0.2) is 27.8 Å². The fourth-order valence-corrected chi connectivity index (χ4v) is 1.59. The molecule has 0 fully saturated rings. The second-order valence-corrected chi connectivity index (χ2v) is 3.68. The molecule has 1 aromatic carbocycles. The van der Waals surface area contributed by atoms with E-state index in [2.05, 4.69) is 9.72 Å². The van der Waals surface area contributed by atoms with Crippen molar-refractivity contribution in [1.29, 1.82) is 0 Å². The molecule has 2 rings (SSSR count). The number of carbonyl (C=O) groups is 1. The fraction of sp³-hybridized carbons (Fsp3) is 0.182. The summed E-state index contributed by atoms with van der Waals surface area (Å²) in [5, 5.41) is 9.52. The number of aromatic amines is 1. The molecule has 7 nitrogen and oxygen atoms in total. The van der Waals surface area contributed by atoms with Crippen molar-refractivity contribution in [1.82, 2.24) is 9.71 Å². The topological polar surface area (TPSA) is 101 Å². The summed E-state index contributed by atoms with van der Waals surface area (Å²) in [7, 11) is 1.27. The van der Waals surface area contributed by atoms with Crippen LogP contribution in [0.1, 0.15) is 5.56 Å². The number of methoxy groups -OCH3 is 1. The highest BCUT2D eigenvalue weighted by molar-refractivity contribution is 5.78. The molecule has 0 spiro atoms. The van der Waals surface area contributed by atoms with Gasteiger partial charge in [-0.25, -0.2) is 0 Å². The van der Waals surface area contributed by atoms with E-state index in [1.54, 1.807) is 6.07 Å². The Labute approximate surface area is 100 Å². The predicted octanol–water partition coefficient (Wildman–Crippen LogP) is -0.357. The highest BCUT2D eigenvalue weighted by Crippen LogP contribution is 2.11. The number of nitrogens with one attached hydrogen (secondary N) is 1. The number of carbonyl (C=O) groups excluding carboxylic acids is 1. The van der Waals surface area contributed by atoms with Gasteiger partial charge in [0.05, 0.1) is 19.0 Å². The van der Waals surface area contributed by atoms with Crippen LogP contribution in [0.4, 0.5) is 0 Å². The Morgan fingerprint density at radius 2 is 2.17 bits per heavy atom. The van der Waals surface area contributed by atoms with Gasteiger partial charge in [-0.05, 0) is 17.7 Å². The zero-order valence-corrected chi connectivity index (χ0v) is 9.47. The number of fused-ring (bicyclic) bond motifs is 1. The number of rotatable bonds is 2. The van der Waals surface area contributed by atoms with Crippen LogP contribution in [0.5, 0.6) is 0 Å². The lowest BCUT2D eigenvalue weighted by Gasteiger charge is -2.05. The van der Waals surface area contributed by atoms with Crippen LogP contribution in [0.2, 0.25) is 0 Å². The van der Waals surface area contributed by atoms with Crippen molar-refractivity contribution < 1.29 is 14.7 Å². The van der Waals surface area contributed by atoms with E-state index in [-0.39, 0.29) is 16.7 Å². The lowest BCUT2D eigenvalue weighted by Crippen LogP contribution is -2.35. The highest BCUT2D eigenvalue weighted by Gasteiger charge is 2.09. The molecule has 0 aliphatic rings. The van der Waals surface area contributed by atoms with Crippen molar-refractivity contribution in [2.45, 2.75) is 6.42 Å². The first-order valence-electron chi connectivity index (χ1n) is 5.07. The number of hydrogen-bond donors (Lipinski definition) is 2. The van der Waals surface area contributed by atoms with Gasteiger partial charge in [0.2, 0.25) is 0 Å². The molecule has 0 amide bonds. The van der Waals surface area contributed by atoms with E-state index in [0.29, 0.717) is 11.1 Å². The van der Waals surface area contributed by atoms with Crippen molar-refractivity contribution >= 4 is 17.0 Å². The fourth-order valence-electron chi connectivity index (χ4n) is 1.59. The van der Waals surface area contributed by atoms with Gasteiger partial charge in [-0.15, -0.1) is 4.73 Å². The Morgan fingerprint density at radius 1 is 1.44 bits per heavy atom. The minimum Gasteiger partial charge on any atom is -0.469 e. The molecule has 18 heavy (non-hydrogen) atoms. The number of nitrogens with zero attached hydrogens (tertiary/aromatic N) is 1. The molecule has 0 bridgehead atoms. The van der Waals surface area contributed by atoms with Gasteiger partial charge in [0.15, 0.2) is 0 Å². The second kappa shape index (κ2) is 4.36. The van der Waals surface area contributed by atoms with E-state index in [1.165, 1.54) is 19.2 Å². The zero-order valence-electron chi connectivity index (χ0n) is 9.47. The van der Waals surface area contributed by atoms with Gasteiger partial charge in [-0.2, -0.15) is 0 Å². The van der Waals surface area contributed by atoms with Gasteiger partial charge < -0.3 is 14.9 Å². The predicted molar refractivity (Wildman–Crippen MR) is 61.7 cm³/mol. The Hall–Kier alpha value is -2.57. The summed E-state index contributed by atoms with van der Waals surface area (Å²) in [6.45, 7) is 0. The smallest absolute Gasteiger partial charge is 0.348 e. The van der Waals surface area contributed by atoms with E-state index >= 15 is 0 Å². The molecule has 0 saturated heterocycles. The number of H-pyrrole nitrogens is 1. The Morgan fingerprint density at radius 3 is 2.83 bits per heavy atom. The normalized spacial score (nSPS) is 10.5. The number of aromatic nitrogens is 2. The lowest BCUT2D eigenvalue weighted by atomic mass is 10.1. The maximum atomic E-state index is 11.2. The summed E-state index contributed by atoms with van der Waals surface area (Å²) in [6.07, 6.45) is 0.0136. The third-order valence-corrected chi connectivity index (χ3v) is 2.50. The van der Waals surface area contributed by atoms with Crippen LogP contribution < -0.4 is 11.1 Å². The molecule has 1 aromatic heterocycles. The lowest BCUT2D eigenvalue weighted by molar-refractivity contribution is -0.139. The molecular formula is C11H10N2O5. The molecule has 0 radical (unpaired) electrons. The van der Waals surface area contributed by atoms with Crippen LogP contribution in [0.3, 0.4) is 0 Å². The van der Waals surface area contributed by atoms with Gasteiger partial charge in [-0.1, -0.05) is 6.07 Å². The van der Waals surface area contributed by atoms with Gasteiger partial charge in [0.25, 0.3) is 0 Å². The quantitative estimate of drug-likeness (QED) is 0.430. The minimum absolute atomic E-state index is 0.0136. The first-order valence-corrected chi connectivity index (χ1v) is 5.07. The monoisotopic (exact) mass is 250 g/mol. The highest BCUT2D eigenvalue weighted by atomic mass is 16.5. The SMILES string of the molecule is COC(=O)Cc1ccc2[nH]c(=O)c(=O)n(O)c2c1. The number of benzene rings is 1. The van der Waals surface area contributed by atoms with E-state index in [4.69, 9.17) is 0 Å². The second-order valence-electron chi connectivity index (χ2n) is 3.68. The van der Waals surface area contributed by atoms with Crippen LogP contribution in [0.25, 0.3) is 11.0 Å². The molecule has 0 atom stereocenters. The molecule has 2 N–H and O–H groups in total. The van der Waals surface area contributed by atoms with E-state index in [1.807, 2.05) is 0 Å². The van der Waals surface area contributed by atoms with Gasteiger partial charge in [-0.3, -0.25) is 14.4 Å². The molecule has 0 unspecified atom stereocenters. The summed E-state index contributed by atoms with van der Waals surface area (Å²) in [5.41, 5.74) is -0.997. The Bertz CT molecular complexity index is 728. The van der Waals surface area contributed by atoms with Crippen molar-refractivity contribution in [3.05, 3.63) is 44.5 Å². The Kier molecular flexibility index (Phi) is 2.88. The summed E-state index contributed by atoms with van der Waals surface area (Å²) < 4.78 is 4.77. The molecule has 0 saturated carbocycles. The maximum Gasteiger partial charge on any atom is 0.348 e. The van der Waals surface area contributed by atoms with Crippen molar-refractivity contribution in [3.63, 3.8) is 0 Å². The van der Waals surface area contributed by atoms with Gasteiger partial charge in [0, 0.05) is 0 Å². The number of esters is 1. The molecular weight excluding hydrogens is 240 g/mol. The number of hydrogen-bond acceptors (Lipinski definition) is 5. The number of ether oxygens (including phenoxy) is 1. The average Bonchev–Trinajstić information content (AvgIpc) is 2.37. The van der Waals surface area contributed by atoms with Crippen LogP contribution in [0, 0.1) is 0 Å². The summed E-state index contributed by atoms with van der Waals surface area (Å²) >= 11 is 0. The van der Waals surface area contributed by atoms with Crippen molar-refractivity contribution in [2.24, 2.45) is 0 Å². The van der Waals surface area contributed by atoms with E-state index < -0.39 is 17.1 Å². The molecule has 1 heterocycles. The molecule has 7 heteroatoms. The third-order valence-electron chi connectivity index (χ3n) is 2.50. The van der Waals surface area contributed by atoms with Crippen molar-refractivity contribution in [2.75, 3.05) is 7.11 Å². The summed E-state index contributed by atoms with van der Waals surface area (Å²) in [6, 6.07) is 4.53. The van der Waals surface area contributed by atoms with Crippen LogP contribution >= 0.6 is 0 Å². The molecule has 94 valence electrons. The minimum atomic E-state index is -1.07. The largest absolute Gasteiger partial charge is 0.469 e. The van der Waals surface area contributed by atoms with E-state index in [0.717, 1.165) is 0 Å². The van der Waals surface area contributed by atoms with Gasteiger partial charge >= 0.3 is 17.1 Å². The third kappa shape index (κ3) is 1.97. The molecule has 0 aliphatic carbocycles. The molecule has 0 aliphatic heterocycles. The summed E-state index contributed by atoms with van der Waals surface area (Å²) in [4.78, 5) is 35.8. The van der Waals surface area contributed by atoms with Crippen molar-refractivity contribution in [3.8, 4) is 0 Å². The summed E-state index contributed by atoms with van der Waals surface area (Å²) in [5.74, 6) is -0.439. The standard InChI is InChI=1S/C11H10N2O5/c1-18-9(14)5-6-2-3-7-8(4-6)13(17)11(16)10(15)12-7/h2-4,17H,5H2,1H3,(H,12,15). The van der Waals surface area contributed by atoms with Gasteiger partial charge in [0.1, 0.15) is 5.52 Å². The first kappa shape index (κ1) is 11.9. The van der Waals surface area contributed by atoms with E-state index in [9.17, 15) is 19.6 Å².